The summed E-state index contributed by atoms with van der Waals surface area (Å²) in [6.07, 6.45) is 4.46. The number of piperidine rings is 1. The first-order valence-corrected chi connectivity index (χ1v) is 12.8. The van der Waals surface area contributed by atoms with Gasteiger partial charge in [0, 0.05) is 30.9 Å². The highest BCUT2D eigenvalue weighted by molar-refractivity contribution is 6.00. The maximum absolute atomic E-state index is 12.1. The fourth-order valence-corrected chi connectivity index (χ4v) is 4.69. The molecule has 9 nitrogen and oxygen atoms in total. The zero-order chi connectivity index (χ0) is 26.7. The third kappa shape index (κ3) is 5.89. The van der Waals surface area contributed by atoms with Crippen molar-refractivity contribution in [3.05, 3.63) is 72.7 Å². The van der Waals surface area contributed by atoms with Crippen LogP contribution < -0.4 is 10.5 Å². The molecule has 2 N–H and O–H groups in total. The standard InChI is InChI=1S/C29H33N5O4/c1-29(2,3)37-28(35)38-33-14-12-22(13-15-33)34-17-24(25-26(30)31-19-32-27(25)34)21-10-7-11-23(16-21)36-18-20-8-5-4-6-9-20/h4-11,16-17,19,22H,12-15,18H2,1-3H3,(H2,30,31,32). The van der Waals surface area contributed by atoms with Crippen LogP contribution in [0.2, 0.25) is 0 Å². The van der Waals surface area contributed by atoms with Crippen molar-refractivity contribution in [2.24, 2.45) is 0 Å². The minimum atomic E-state index is -0.681. The molecule has 0 aliphatic carbocycles. The first kappa shape index (κ1) is 25.5. The van der Waals surface area contributed by atoms with Crippen molar-refractivity contribution >= 4 is 23.0 Å². The fourth-order valence-electron chi connectivity index (χ4n) is 4.69. The lowest BCUT2D eigenvalue weighted by molar-refractivity contribution is -0.154. The van der Waals surface area contributed by atoms with E-state index in [0.717, 1.165) is 46.3 Å². The maximum Gasteiger partial charge on any atom is 0.528 e. The maximum atomic E-state index is 12.1. The number of rotatable bonds is 6. The number of aromatic nitrogens is 3. The van der Waals surface area contributed by atoms with Gasteiger partial charge >= 0.3 is 6.16 Å². The number of anilines is 1. The molecule has 0 atom stereocenters. The lowest BCUT2D eigenvalue weighted by atomic mass is 10.1. The van der Waals surface area contributed by atoms with E-state index in [9.17, 15) is 4.79 Å². The number of hydroxylamine groups is 2. The second-order valence-corrected chi connectivity index (χ2v) is 10.4. The highest BCUT2D eigenvalue weighted by Crippen LogP contribution is 2.37. The molecule has 3 heterocycles. The minimum Gasteiger partial charge on any atom is -0.489 e. The molecule has 9 heteroatoms. The van der Waals surface area contributed by atoms with Crippen molar-refractivity contribution in [3.8, 4) is 16.9 Å². The summed E-state index contributed by atoms with van der Waals surface area (Å²) < 4.78 is 13.5. The van der Waals surface area contributed by atoms with E-state index in [0.29, 0.717) is 25.5 Å². The molecule has 0 amide bonds. The normalized spacial score (nSPS) is 14.9. The highest BCUT2D eigenvalue weighted by atomic mass is 16.8. The number of nitrogen functional groups attached to an aromatic ring is 1. The number of ether oxygens (including phenoxy) is 2. The third-order valence-electron chi connectivity index (χ3n) is 6.44. The largest absolute Gasteiger partial charge is 0.528 e. The fraction of sp³-hybridized carbons (Fsp3) is 0.345. The van der Waals surface area contributed by atoms with Crippen LogP contribution in [0.3, 0.4) is 0 Å². The van der Waals surface area contributed by atoms with Crippen LogP contribution >= 0.6 is 0 Å². The molecule has 1 aliphatic heterocycles. The van der Waals surface area contributed by atoms with Crippen molar-refractivity contribution in [3.63, 3.8) is 0 Å². The molecule has 0 spiro atoms. The predicted octanol–water partition coefficient (Wildman–Crippen LogP) is 5.76. The van der Waals surface area contributed by atoms with Crippen LogP contribution in [0.1, 0.15) is 45.2 Å². The van der Waals surface area contributed by atoms with Crippen LogP contribution in [0.4, 0.5) is 10.6 Å². The number of fused-ring (bicyclic) bond motifs is 1. The average Bonchev–Trinajstić information content (AvgIpc) is 3.29. The zero-order valence-corrected chi connectivity index (χ0v) is 22.0. The quantitative estimate of drug-likeness (QED) is 0.323. The van der Waals surface area contributed by atoms with Gasteiger partial charge in [0.15, 0.2) is 0 Å². The van der Waals surface area contributed by atoms with Gasteiger partial charge in [-0.2, -0.15) is 0 Å². The van der Waals surface area contributed by atoms with Gasteiger partial charge in [0.05, 0.1) is 5.39 Å². The van der Waals surface area contributed by atoms with Gasteiger partial charge in [-0.25, -0.2) is 14.8 Å². The Kier molecular flexibility index (Phi) is 7.20. The highest BCUT2D eigenvalue weighted by Gasteiger charge is 2.28. The molecule has 0 unspecified atom stereocenters. The summed E-state index contributed by atoms with van der Waals surface area (Å²) in [5, 5.41) is 2.48. The molecule has 2 aromatic heterocycles. The second kappa shape index (κ2) is 10.7. The monoisotopic (exact) mass is 515 g/mol. The molecular formula is C29H33N5O4. The van der Waals surface area contributed by atoms with Crippen LogP contribution in [-0.4, -0.2) is 44.4 Å². The number of nitrogens with zero attached hydrogens (tertiary/aromatic N) is 4. The molecule has 0 saturated carbocycles. The van der Waals surface area contributed by atoms with Crippen LogP contribution in [0.5, 0.6) is 5.75 Å². The number of carbonyl (C=O) groups excluding carboxylic acids is 1. The average molecular weight is 516 g/mol. The molecular weight excluding hydrogens is 482 g/mol. The van der Waals surface area contributed by atoms with E-state index in [1.807, 2.05) is 75.4 Å². The lowest BCUT2D eigenvalue weighted by Gasteiger charge is -2.31. The Hall–Kier alpha value is -4.11. The van der Waals surface area contributed by atoms with Crippen molar-refractivity contribution in [1.29, 1.82) is 0 Å². The topological polar surface area (TPSA) is 105 Å². The third-order valence-corrected chi connectivity index (χ3v) is 6.44. The summed E-state index contributed by atoms with van der Waals surface area (Å²) in [6, 6.07) is 18.2. The summed E-state index contributed by atoms with van der Waals surface area (Å²) in [7, 11) is 0. The van der Waals surface area contributed by atoms with Gasteiger partial charge in [0.2, 0.25) is 0 Å². The van der Waals surface area contributed by atoms with Gasteiger partial charge in [-0.05, 0) is 56.9 Å². The van der Waals surface area contributed by atoms with Crippen LogP contribution in [0, 0.1) is 0 Å². The van der Waals surface area contributed by atoms with Crippen LogP contribution in [0.15, 0.2) is 67.1 Å². The summed E-state index contributed by atoms with van der Waals surface area (Å²) in [5.74, 6) is 1.21. The van der Waals surface area contributed by atoms with Crippen molar-refractivity contribution < 1.29 is 19.1 Å². The molecule has 2 aromatic carbocycles. The van der Waals surface area contributed by atoms with E-state index in [4.69, 9.17) is 20.0 Å². The van der Waals surface area contributed by atoms with Crippen LogP contribution in [0.25, 0.3) is 22.2 Å². The van der Waals surface area contributed by atoms with Gasteiger partial charge in [0.1, 0.15) is 35.7 Å². The Morgan fingerprint density at radius 2 is 1.82 bits per heavy atom. The molecule has 0 bridgehead atoms. The van der Waals surface area contributed by atoms with E-state index in [1.165, 1.54) is 6.33 Å². The van der Waals surface area contributed by atoms with Crippen molar-refractivity contribution in [2.45, 2.75) is 51.9 Å². The Morgan fingerprint density at radius 1 is 1.05 bits per heavy atom. The Balaban J connectivity index is 1.35. The lowest BCUT2D eigenvalue weighted by Crippen LogP contribution is -2.38. The molecule has 1 aliphatic rings. The number of nitrogens with two attached hydrogens (primary N) is 1. The number of carbonyl (C=O) groups is 1. The summed E-state index contributed by atoms with van der Waals surface area (Å²) in [6.45, 7) is 7.10. The molecule has 5 rings (SSSR count). The molecule has 0 radical (unpaired) electrons. The van der Waals surface area contributed by atoms with E-state index in [1.54, 1.807) is 5.06 Å². The molecule has 1 saturated heterocycles. The van der Waals surface area contributed by atoms with Gasteiger partial charge < -0.3 is 24.6 Å². The number of hydrogen-bond acceptors (Lipinski definition) is 8. The Labute approximate surface area is 222 Å². The molecule has 1 fully saturated rings. The van der Waals surface area contributed by atoms with Crippen molar-refractivity contribution in [2.75, 3.05) is 18.8 Å². The number of hydrogen-bond donors (Lipinski definition) is 1. The van der Waals surface area contributed by atoms with Gasteiger partial charge in [-0.15, -0.1) is 5.06 Å². The van der Waals surface area contributed by atoms with Crippen molar-refractivity contribution in [1.82, 2.24) is 19.6 Å². The predicted molar refractivity (Wildman–Crippen MR) is 145 cm³/mol. The SMILES string of the molecule is CC(C)(C)OC(=O)ON1CCC(n2cc(-c3cccc(OCc4ccccc4)c3)c3c(N)ncnc32)CC1. The zero-order valence-electron chi connectivity index (χ0n) is 22.0. The molecule has 198 valence electrons. The summed E-state index contributed by atoms with van der Waals surface area (Å²) >= 11 is 0. The number of benzene rings is 2. The van der Waals surface area contributed by atoms with E-state index in [-0.39, 0.29) is 6.04 Å². The summed E-state index contributed by atoms with van der Waals surface area (Å²) in [4.78, 5) is 26.3. The van der Waals surface area contributed by atoms with E-state index in [2.05, 4.69) is 20.7 Å². The molecule has 4 aromatic rings. The van der Waals surface area contributed by atoms with Gasteiger partial charge in [-0.1, -0.05) is 42.5 Å². The van der Waals surface area contributed by atoms with E-state index >= 15 is 0 Å². The van der Waals surface area contributed by atoms with Crippen LogP contribution in [-0.2, 0) is 16.2 Å². The minimum absolute atomic E-state index is 0.163. The van der Waals surface area contributed by atoms with Gasteiger partial charge in [0.25, 0.3) is 0 Å². The molecule has 38 heavy (non-hydrogen) atoms. The first-order valence-electron chi connectivity index (χ1n) is 12.8. The first-order chi connectivity index (χ1) is 18.3. The Bertz CT molecular complexity index is 1410. The second-order valence-electron chi connectivity index (χ2n) is 10.4. The van der Waals surface area contributed by atoms with E-state index < -0.39 is 11.8 Å². The van der Waals surface area contributed by atoms with Gasteiger partial charge in [-0.3, -0.25) is 0 Å². The summed E-state index contributed by atoms with van der Waals surface area (Å²) in [5.41, 5.74) is 9.59. The smallest absolute Gasteiger partial charge is 0.489 e. The Morgan fingerprint density at radius 3 is 2.55 bits per heavy atom.